The van der Waals surface area contributed by atoms with Crippen LogP contribution in [0.1, 0.15) is 33.1 Å². The van der Waals surface area contributed by atoms with Crippen molar-refractivity contribution >= 4 is 5.91 Å². The van der Waals surface area contributed by atoms with Crippen molar-refractivity contribution in [1.82, 2.24) is 10.2 Å². The molecule has 2 rings (SSSR count). The fraction of sp³-hybridized carbons (Fsp3) is 0.917. The third-order valence-corrected chi connectivity index (χ3v) is 4.04. The second-order valence-electron chi connectivity index (χ2n) is 4.96. The third kappa shape index (κ3) is 2.03. The molecule has 1 saturated heterocycles. The van der Waals surface area contributed by atoms with Gasteiger partial charge in [-0.25, -0.2) is 0 Å². The molecule has 3 atom stereocenters. The maximum Gasteiger partial charge on any atom is 0.226 e. The lowest BCUT2D eigenvalue weighted by atomic mass is 9.74. The Balaban J connectivity index is 1.97. The maximum absolute atomic E-state index is 12.3. The molecule has 1 aliphatic carbocycles. The van der Waals surface area contributed by atoms with Crippen molar-refractivity contribution < 1.29 is 4.79 Å². The van der Waals surface area contributed by atoms with Crippen molar-refractivity contribution in [2.45, 2.75) is 39.2 Å². The molecule has 0 spiro atoms. The second kappa shape index (κ2) is 4.52. The molecule has 1 saturated carbocycles. The van der Waals surface area contributed by atoms with Crippen molar-refractivity contribution in [2.24, 2.45) is 11.8 Å². The van der Waals surface area contributed by atoms with Crippen LogP contribution < -0.4 is 5.32 Å². The summed E-state index contributed by atoms with van der Waals surface area (Å²) in [5.74, 6) is 1.36. The molecule has 2 fully saturated rings. The van der Waals surface area contributed by atoms with Gasteiger partial charge in [0.05, 0.1) is 0 Å². The highest BCUT2D eigenvalue weighted by molar-refractivity contribution is 5.80. The van der Waals surface area contributed by atoms with Gasteiger partial charge in [0, 0.05) is 31.6 Å². The van der Waals surface area contributed by atoms with Gasteiger partial charge in [0.25, 0.3) is 0 Å². The van der Waals surface area contributed by atoms with E-state index in [2.05, 4.69) is 24.1 Å². The number of nitrogens with zero attached hydrogens (tertiary/aromatic N) is 1. The summed E-state index contributed by atoms with van der Waals surface area (Å²) in [6.07, 6.45) is 3.42. The molecule has 1 N–H and O–H groups in total. The van der Waals surface area contributed by atoms with Crippen LogP contribution in [-0.4, -0.2) is 36.5 Å². The lowest BCUT2D eigenvalue weighted by molar-refractivity contribution is -0.144. The number of hydrogen-bond donors (Lipinski definition) is 1. The number of hydrogen-bond acceptors (Lipinski definition) is 2. The van der Waals surface area contributed by atoms with Crippen LogP contribution in [0.4, 0.5) is 0 Å². The summed E-state index contributed by atoms with van der Waals surface area (Å²) in [7, 11) is 0. The van der Waals surface area contributed by atoms with Crippen LogP contribution in [0.3, 0.4) is 0 Å². The van der Waals surface area contributed by atoms with E-state index in [1.807, 2.05) is 0 Å². The first kappa shape index (κ1) is 10.9. The predicted molar refractivity (Wildman–Crippen MR) is 60.5 cm³/mol. The molecule has 0 aromatic rings. The number of rotatable bonds is 2. The summed E-state index contributed by atoms with van der Waals surface area (Å²) >= 11 is 0. The molecular weight excluding hydrogens is 188 g/mol. The number of piperazine rings is 1. The zero-order chi connectivity index (χ0) is 10.8. The Labute approximate surface area is 92.2 Å². The van der Waals surface area contributed by atoms with Gasteiger partial charge >= 0.3 is 0 Å². The van der Waals surface area contributed by atoms with Gasteiger partial charge in [0.1, 0.15) is 0 Å². The Kier molecular flexibility index (Phi) is 3.29. The molecule has 86 valence electrons. The molecule has 1 heterocycles. The molecular formula is C12H22N2O. The number of nitrogens with one attached hydrogen (secondary N) is 1. The molecule has 0 bridgehead atoms. The van der Waals surface area contributed by atoms with Crippen molar-refractivity contribution in [3.8, 4) is 0 Å². The van der Waals surface area contributed by atoms with E-state index in [-0.39, 0.29) is 0 Å². The van der Waals surface area contributed by atoms with Crippen LogP contribution in [0.5, 0.6) is 0 Å². The SMILES string of the molecule is CC[C@@H]1CNCCN1C(=O)C1CCC1C. The molecule has 1 aliphatic heterocycles. The minimum Gasteiger partial charge on any atom is -0.337 e. The normalized spacial score (nSPS) is 36.1. The fourth-order valence-corrected chi connectivity index (χ4v) is 2.66. The number of carbonyl (C=O) groups excluding carboxylic acids is 1. The molecule has 0 radical (unpaired) electrons. The Morgan fingerprint density at radius 1 is 1.47 bits per heavy atom. The highest BCUT2D eigenvalue weighted by Crippen LogP contribution is 2.35. The van der Waals surface area contributed by atoms with E-state index >= 15 is 0 Å². The van der Waals surface area contributed by atoms with Gasteiger partial charge in [0.15, 0.2) is 0 Å². The van der Waals surface area contributed by atoms with Gasteiger partial charge in [-0.2, -0.15) is 0 Å². The van der Waals surface area contributed by atoms with E-state index in [4.69, 9.17) is 0 Å². The minimum absolute atomic E-state index is 0.331. The first-order valence-electron chi connectivity index (χ1n) is 6.25. The van der Waals surface area contributed by atoms with Crippen LogP contribution in [0.25, 0.3) is 0 Å². The highest BCUT2D eigenvalue weighted by atomic mass is 16.2. The highest BCUT2D eigenvalue weighted by Gasteiger charge is 2.38. The number of carbonyl (C=O) groups is 1. The monoisotopic (exact) mass is 210 g/mol. The maximum atomic E-state index is 12.3. The Hall–Kier alpha value is -0.570. The lowest BCUT2D eigenvalue weighted by Gasteiger charge is -2.42. The molecule has 1 amide bonds. The Bertz CT molecular complexity index is 242. The smallest absolute Gasteiger partial charge is 0.226 e. The van der Waals surface area contributed by atoms with Gasteiger partial charge in [0.2, 0.25) is 5.91 Å². The topological polar surface area (TPSA) is 32.3 Å². The largest absolute Gasteiger partial charge is 0.337 e. The van der Waals surface area contributed by atoms with E-state index in [1.54, 1.807) is 0 Å². The van der Waals surface area contributed by atoms with Crippen LogP contribution in [-0.2, 0) is 4.79 Å². The standard InChI is InChI=1S/C12H22N2O/c1-3-10-8-13-6-7-14(10)12(15)11-5-4-9(11)2/h9-11,13H,3-8H2,1-2H3/t9?,10-,11?/m1/s1. The van der Waals surface area contributed by atoms with Crippen LogP contribution >= 0.6 is 0 Å². The van der Waals surface area contributed by atoms with E-state index < -0.39 is 0 Å². The predicted octanol–water partition coefficient (Wildman–Crippen LogP) is 1.24. The summed E-state index contributed by atoms with van der Waals surface area (Å²) < 4.78 is 0. The third-order valence-electron chi connectivity index (χ3n) is 4.04. The van der Waals surface area contributed by atoms with Crippen LogP contribution in [0.15, 0.2) is 0 Å². The van der Waals surface area contributed by atoms with Crippen molar-refractivity contribution in [2.75, 3.05) is 19.6 Å². The summed E-state index contributed by atoms with van der Waals surface area (Å²) in [5, 5.41) is 3.36. The molecule has 3 nitrogen and oxygen atoms in total. The Morgan fingerprint density at radius 3 is 2.80 bits per heavy atom. The summed E-state index contributed by atoms with van der Waals surface area (Å²) in [6.45, 7) is 7.21. The van der Waals surface area contributed by atoms with E-state index in [1.165, 1.54) is 6.42 Å². The van der Waals surface area contributed by atoms with Crippen LogP contribution in [0.2, 0.25) is 0 Å². The summed E-state index contributed by atoms with van der Waals surface area (Å²) in [5.41, 5.74) is 0. The Morgan fingerprint density at radius 2 is 2.27 bits per heavy atom. The van der Waals surface area contributed by atoms with Crippen molar-refractivity contribution in [3.05, 3.63) is 0 Å². The summed E-state index contributed by atoms with van der Waals surface area (Å²) in [6, 6.07) is 0.430. The zero-order valence-electron chi connectivity index (χ0n) is 9.83. The molecule has 3 heteroatoms. The quantitative estimate of drug-likeness (QED) is 0.744. The van der Waals surface area contributed by atoms with Gasteiger partial charge in [-0.05, 0) is 25.2 Å². The van der Waals surface area contributed by atoms with Gasteiger partial charge in [-0.15, -0.1) is 0 Å². The number of amides is 1. The van der Waals surface area contributed by atoms with Crippen molar-refractivity contribution in [3.63, 3.8) is 0 Å². The molecule has 15 heavy (non-hydrogen) atoms. The minimum atomic E-state index is 0.331. The average Bonchev–Trinajstić information content (AvgIpc) is 2.26. The zero-order valence-corrected chi connectivity index (χ0v) is 9.83. The van der Waals surface area contributed by atoms with Gasteiger partial charge < -0.3 is 10.2 Å². The summed E-state index contributed by atoms with van der Waals surface area (Å²) in [4.78, 5) is 14.4. The van der Waals surface area contributed by atoms with E-state index in [9.17, 15) is 4.79 Å². The van der Waals surface area contributed by atoms with Crippen molar-refractivity contribution in [1.29, 1.82) is 0 Å². The molecule has 0 aromatic heterocycles. The first-order chi connectivity index (χ1) is 7.24. The molecule has 2 aliphatic rings. The lowest BCUT2D eigenvalue weighted by Crippen LogP contribution is -2.56. The first-order valence-corrected chi connectivity index (χ1v) is 6.25. The van der Waals surface area contributed by atoms with Gasteiger partial charge in [-0.1, -0.05) is 13.8 Å². The molecule has 0 aromatic carbocycles. The average molecular weight is 210 g/mol. The second-order valence-corrected chi connectivity index (χ2v) is 4.96. The fourth-order valence-electron chi connectivity index (χ4n) is 2.66. The molecule has 2 unspecified atom stereocenters. The van der Waals surface area contributed by atoms with Gasteiger partial charge in [-0.3, -0.25) is 4.79 Å². The van der Waals surface area contributed by atoms with E-state index in [0.717, 1.165) is 32.5 Å². The van der Waals surface area contributed by atoms with Crippen LogP contribution in [0, 0.1) is 11.8 Å². The van der Waals surface area contributed by atoms with E-state index in [0.29, 0.717) is 23.8 Å².